The summed E-state index contributed by atoms with van der Waals surface area (Å²) >= 11 is 12.4. The van der Waals surface area contributed by atoms with E-state index in [0.717, 1.165) is 38.4 Å². The first-order valence-corrected chi connectivity index (χ1v) is 12.7. The second-order valence-corrected chi connectivity index (χ2v) is 10.1. The molecule has 35 heavy (non-hydrogen) atoms. The lowest BCUT2D eigenvalue weighted by atomic mass is 10.0. The molecule has 0 spiro atoms. The first kappa shape index (κ1) is 27.2. The Hall–Kier alpha value is -2.35. The number of nitrogen functional groups attached to an aromatic ring is 1. The van der Waals surface area contributed by atoms with Crippen LogP contribution in [0.15, 0.2) is 35.6 Å². The van der Waals surface area contributed by atoms with Gasteiger partial charge in [0, 0.05) is 53.4 Å². The number of aromatic nitrogens is 1. The summed E-state index contributed by atoms with van der Waals surface area (Å²) < 4.78 is 19.9. The van der Waals surface area contributed by atoms with Crippen LogP contribution in [0.3, 0.4) is 0 Å². The van der Waals surface area contributed by atoms with Gasteiger partial charge in [0.2, 0.25) is 0 Å². The van der Waals surface area contributed by atoms with Gasteiger partial charge in [0.25, 0.3) is 0 Å². The number of anilines is 1. The number of allylic oxidation sites excluding steroid dienone is 1. The fraction of sp³-hybridized carbons (Fsp3) is 0.462. The molecule has 1 aromatic heterocycles. The van der Waals surface area contributed by atoms with Crippen molar-refractivity contribution in [3.05, 3.63) is 57.6 Å². The Morgan fingerprint density at radius 1 is 1.29 bits per heavy atom. The summed E-state index contributed by atoms with van der Waals surface area (Å²) in [5, 5.41) is 0.217. The van der Waals surface area contributed by atoms with Crippen molar-refractivity contribution in [2.45, 2.75) is 52.2 Å². The molecule has 9 heteroatoms. The molecular formula is C26H34Cl2FN5O. The molecule has 2 aromatic rings. The summed E-state index contributed by atoms with van der Waals surface area (Å²) in [6.07, 6.45) is 7.50. The first-order valence-electron chi connectivity index (χ1n) is 11.9. The lowest BCUT2D eigenvalue weighted by Crippen LogP contribution is -2.36. The number of halogens is 3. The van der Waals surface area contributed by atoms with Crippen LogP contribution in [0.2, 0.25) is 10.0 Å². The van der Waals surface area contributed by atoms with E-state index in [1.54, 1.807) is 25.4 Å². The number of rotatable bonds is 9. The normalized spacial score (nSPS) is 16.8. The zero-order valence-corrected chi connectivity index (χ0v) is 22.0. The standard InChI is InChI=1S/C26H34Cl2FN5O/c1-16(2)6-9-34-10-7-20(8-11-34)32-15-19(13-30)18-12-23(26(31)33-14-18)35-17(3)24-21(27)4-5-22(29)25(24)28/h4-5,12-17,20H,6-11,30H2,1-3H3,(H2,31,33)/t17-/m1/s1. The molecule has 0 unspecified atom stereocenters. The molecule has 3 rings (SSSR count). The van der Waals surface area contributed by atoms with Crippen LogP contribution < -0.4 is 16.2 Å². The Morgan fingerprint density at radius 2 is 2.00 bits per heavy atom. The van der Waals surface area contributed by atoms with Crippen LogP contribution in [0.1, 0.15) is 57.3 Å². The number of hydrogen-bond donors (Lipinski definition) is 2. The van der Waals surface area contributed by atoms with E-state index in [2.05, 4.69) is 23.7 Å². The number of nitrogens with two attached hydrogens (primary N) is 2. The van der Waals surface area contributed by atoms with Gasteiger partial charge in [0.05, 0.1) is 11.1 Å². The van der Waals surface area contributed by atoms with Crippen LogP contribution in [0, 0.1) is 11.7 Å². The van der Waals surface area contributed by atoms with E-state index in [1.165, 1.54) is 24.8 Å². The number of nitrogens with zero attached hydrogens (tertiary/aromatic N) is 3. The predicted molar refractivity (Wildman–Crippen MR) is 144 cm³/mol. The van der Waals surface area contributed by atoms with Crippen LogP contribution in [0.25, 0.3) is 5.57 Å². The molecule has 1 aliphatic heterocycles. The third-order valence-corrected chi connectivity index (χ3v) is 6.90. The molecule has 6 nitrogen and oxygen atoms in total. The molecule has 0 amide bonds. The maximum Gasteiger partial charge on any atom is 0.166 e. The first-order chi connectivity index (χ1) is 16.7. The van der Waals surface area contributed by atoms with Gasteiger partial charge in [0.1, 0.15) is 11.9 Å². The molecule has 1 aliphatic rings. The number of ether oxygens (including phenoxy) is 1. The topological polar surface area (TPSA) is 89.8 Å². The van der Waals surface area contributed by atoms with Crippen LogP contribution in [-0.2, 0) is 0 Å². The van der Waals surface area contributed by atoms with Crippen LogP contribution in [-0.4, -0.2) is 41.8 Å². The molecule has 4 N–H and O–H groups in total. The van der Waals surface area contributed by atoms with E-state index < -0.39 is 11.9 Å². The Bertz CT molecular complexity index is 1070. The van der Waals surface area contributed by atoms with Gasteiger partial charge in [-0.05, 0) is 56.8 Å². The van der Waals surface area contributed by atoms with Crippen LogP contribution in [0.4, 0.5) is 10.2 Å². The Kier molecular flexibility index (Phi) is 9.78. The molecule has 1 saturated heterocycles. The molecule has 1 fully saturated rings. The fourth-order valence-electron chi connectivity index (χ4n) is 4.00. The highest BCUT2D eigenvalue weighted by Crippen LogP contribution is 2.36. The Labute approximate surface area is 217 Å². The SMILES string of the molecule is CC(C)CCN1CCC(N=CC(=CN)c2cnc(N)c(O[C@H](C)c3c(Cl)ccc(F)c3Cl)c2)CC1. The van der Waals surface area contributed by atoms with Crippen LogP contribution in [0.5, 0.6) is 5.75 Å². The van der Waals surface area contributed by atoms with Crippen molar-refractivity contribution in [2.75, 3.05) is 25.4 Å². The summed E-state index contributed by atoms with van der Waals surface area (Å²) in [5.74, 6) is 0.650. The minimum absolute atomic E-state index is 0.0855. The lowest BCUT2D eigenvalue weighted by Gasteiger charge is -2.30. The highest BCUT2D eigenvalue weighted by atomic mass is 35.5. The average Bonchev–Trinajstić information content (AvgIpc) is 2.83. The van der Waals surface area contributed by atoms with Crippen molar-refractivity contribution >= 4 is 40.8 Å². The Morgan fingerprint density at radius 3 is 2.66 bits per heavy atom. The third kappa shape index (κ3) is 7.32. The summed E-state index contributed by atoms with van der Waals surface area (Å²) in [5.41, 5.74) is 13.7. The van der Waals surface area contributed by atoms with Crippen molar-refractivity contribution in [1.29, 1.82) is 0 Å². The number of pyridine rings is 1. The van der Waals surface area contributed by atoms with Crippen molar-refractivity contribution < 1.29 is 9.13 Å². The smallest absolute Gasteiger partial charge is 0.166 e. The lowest BCUT2D eigenvalue weighted by molar-refractivity contribution is 0.204. The van der Waals surface area contributed by atoms with E-state index >= 15 is 0 Å². The number of likely N-dealkylation sites (tertiary alicyclic amines) is 1. The molecular weight excluding hydrogens is 488 g/mol. The fourth-order valence-corrected chi connectivity index (χ4v) is 4.68. The zero-order chi connectivity index (χ0) is 25.5. The number of aliphatic imine (C=N–C) groups is 1. The van der Waals surface area contributed by atoms with E-state index in [9.17, 15) is 4.39 Å². The second-order valence-electron chi connectivity index (χ2n) is 9.28. The molecule has 2 heterocycles. The van der Waals surface area contributed by atoms with E-state index in [1.807, 2.05) is 0 Å². The van der Waals surface area contributed by atoms with Crippen molar-refractivity contribution in [1.82, 2.24) is 9.88 Å². The van der Waals surface area contributed by atoms with Crippen molar-refractivity contribution in [3.63, 3.8) is 0 Å². The summed E-state index contributed by atoms with van der Waals surface area (Å²) in [7, 11) is 0. The van der Waals surface area contributed by atoms with Gasteiger partial charge < -0.3 is 21.1 Å². The van der Waals surface area contributed by atoms with Gasteiger partial charge in [0.15, 0.2) is 11.6 Å². The minimum Gasteiger partial charge on any atom is -0.482 e. The van der Waals surface area contributed by atoms with E-state index in [0.29, 0.717) is 27.5 Å². The number of piperidine rings is 1. The van der Waals surface area contributed by atoms with Crippen molar-refractivity contribution in [3.8, 4) is 5.75 Å². The molecule has 0 saturated carbocycles. The second kappa shape index (κ2) is 12.6. The molecule has 0 aliphatic carbocycles. The Balaban J connectivity index is 1.69. The number of benzene rings is 1. The van der Waals surface area contributed by atoms with Gasteiger partial charge in [-0.1, -0.05) is 37.0 Å². The minimum atomic E-state index is -0.662. The predicted octanol–water partition coefficient (Wildman–Crippen LogP) is 6.13. The quantitative estimate of drug-likeness (QED) is 0.306. The van der Waals surface area contributed by atoms with E-state index in [-0.39, 0.29) is 16.9 Å². The number of hydrogen-bond acceptors (Lipinski definition) is 6. The summed E-state index contributed by atoms with van der Waals surface area (Å²) in [4.78, 5) is 11.5. The molecule has 1 atom stereocenters. The molecule has 190 valence electrons. The maximum atomic E-state index is 14.0. The summed E-state index contributed by atoms with van der Waals surface area (Å²) in [6.45, 7) is 9.49. The van der Waals surface area contributed by atoms with Gasteiger partial charge in [-0.15, -0.1) is 0 Å². The molecule has 1 aromatic carbocycles. The third-order valence-electron chi connectivity index (χ3n) is 6.19. The van der Waals surface area contributed by atoms with E-state index in [4.69, 9.17) is 44.4 Å². The van der Waals surface area contributed by atoms with Crippen LogP contribution >= 0.6 is 23.2 Å². The average molecular weight is 522 g/mol. The highest BCUT2D eigenvalue weighted by molar-refractivity contribution is 6.36. The molecule has 0 bridgehead atoms. The van der Waals surface area contributed by atoms with Gasteiger partial charge in [-0.2, -0.15) is 0 Å². The molecule has 0 radical (unpaired) electrons. The summed E-state index contributed by atoms with van der Waals surface area (Å²) in [6, 6.07) is 4.65. The van der Waals surface area contributed by atoms with Gasteiger partial charge in [-0.25, -0.2) is 9.37 Å². The zero-order valence-electron chi connectivity index (χ0n) is 20.5. The monoisotopic (exact) mass is 521 g/mol. The largest absolute Gasteiger partial charge is 0.482 e. The maximum absolute atomic E-state index is 14.0. The van der Waals surface area contributed by atoms with Crippen molar-refractivity contribution in [2.24, 2.45) is 16.6 Å². The highest BCUT2D eigenvalue weighted by Gasteiger charge is 2.21. The van der Waals surface area contributed by atoms with Gasteiger partial charge >= 0.3 is 0 Å². The van der Waals surface area contributed by atoms with Gasteiger partial charge in [-0.3, -0.25) is 4.99 Å².